The highest BCUT2D eigenvalue weighted by atomic mass is 35.5. The highest BCUT2D eigenvalue weighted by Crippen LogP contribution is 2.59. The lowest BCUT2D eigenvalue weighted by Crippen LogP contribution is -2.06. The van der Waals surface area contributed by atoms with Crippen molar-refractivity contribution in [1.82, 2.24) is 0 Å². The van der Waals surface area contributed by atoms with Gasteiger partial charge in [-0.3, -0.25) is 4.57 Å². The van der Waals surface area contributed by atoms with Gasteiger partial charge in [0.05, 0.1) is 13.2 Å². The molecule has 0 aliphatic heterocycles. The second-order valence-corrected chi connectivity index (χ2v) is 5.82. The summed E-state index contributed by atoms with van der Waals surface area (Å²) in [7, 11) is -3.53. The summed E-state index contributed by atoms with van der Waals surface area (Å²) in [5.74, 6) is -1.29. The molecule has 4 nitrogen and oxygen atoms in total. The molecule has 0 aliphatic rings. The average molecular weight is 279 g/mol. The van der Waals surface area contributed by atoms with E-state index in [1.807, 2.05) is 0 Å². The van der Waals surface area contributed by atoms with Gasteiger partial charge < -0.3 is 14.2 Å². The summed E-state index contributed by atoms with van der Waals surface area (Å²) in [4.78, 5) is 0. The molecule has 1 N–H and O–H groups in total. The topological polar surface area (TPSA) is 55.8 Å². The summed E-state index contributed by atoms with van der Waals surface area (Å²) in [6.07, 6.45) is 0. The Balaban J connectivity index is 2.95. The van der Waals surface area contributed by atoms with Crippen molar-refractivity contribution < 1.29 is 18.7 Å². The van der Waals surface area contributed by atoms with Crippen molar-refractivity contribution in [1.29, 1.82) is 0 Å². The highest BCUT2D eigenvalue weighted by molar-refractivity contribution is 7.54. The van der Waals surface area contributed by atoms with Gasteiger partial charge in [-0.15, -0.1) is 0 Å². The third-order valence-electron chi connectivity index (χ3n) is 2.09. The van der Waals surface area contributed by atoms with Crippen LogP contribution in [0.3, 0.4) is 0 Å². The van der Waals surface area contributed by atoms with Crippen molar-refractivity contribution in [2.24, 2.45) is 0 Å². The Bertz CT molecular complexity index is 383. The first-order valence-corrected chi connectivity index (χ1v) is 7.34. The van der Waals surface area contributed by atoms with Gasteiger partial charge in [-0.25, -0.2) is 0 Å². The maximum atomic E-state index is 12.3. The standard InChI is InChI=1S/C11H16ClO4P/c1-3-15-17(14,16-4-2)11(13)9-5-7-10(12)8-6-9/h5-8,11,13H,3-4H2,1-2H3/t11-/m1/s1. The number of aliphatic hydroxyl groups is 1. The Hall–Kier alpha value is -0.380. The molecular weight excluding hydrogens is 263 g/mol. The zero-order valence-corrected chi connectivity index (χ0v) is 11.4. The highest BCUT2D eigenvalue weighted by Gasteiger charge is 2.35. The Morgan fingerprint density at radius 3 is 2.12 bits per heavy atom. The van der Waals surface area contributed by atoms with Crippen LogP contribution in [0.2, 0.25) is 5.02 Å². The van der Waals surface area contributed by atoms with Gasteiger partial charge in [-0.05, 0) is 31.5 Å². The van der Waals surface area contributed by atoms with Crippen molar-refractivity contribution in [2.45, 2.75) is 19.7 Å². The molecule has 0 fully saturated rings. The lowest BCUT2D eigenvalue weighted by molar-refractivity contribution is 0.150. The first-order chi connectivity index (χ1) is 8.03. The molecule has 0 aliphatic carbocycles. The van der Waals surface area contributed by atoms with E-state index in [-0.39, 0.29) is 13.2 Å². The molecule has 0 radical (unpaired) electrons. The second kappa shape index (κ2) is 6.53. The van der Waals surface area contributed by atoms with Gasteiger partial charge >= 0.3 is 7.60 Å². The van der Waals surface area contributed by atoms with Gasteiger partial charge in [0.2, 0.25) is 0 Å². The minimum atomic E-state index is -3.53. The third-order valence-corrected chi connectivity index (χ3v) is 4.47. The van der Waals surface area contributed by atoms with Gasteiger partial charge in [0.25, 0.3) is 0 Å². The monoisotopic (exact) mass is 278 g/mol. The molecule has 1 aromatic rings. The van der Waals surface area contributed by atoms with E-state index in [0.29, 0.717) is 10.6 Å². The van der Waals surface area contributed by atoms with E-state index in [4.69, 9.17) is 20.6 Å². The molecule has 0 saturated heterocycles. The van der Waals surface area contributed by atoms with Crippen LogP contribution in [0.5, 0.6) is 0 Å². The zero-order valence-electron chi connectivity index (χ0n) is 9.80. The van der Waals surface area contributed by atoms with Gasteiger partial charge in [-0.2, -0.15) is 0 Å². The van der Waals surface area contributed by atoms with Crippen molar-refractivity contribution in [3.05, 3.63) is 34.9 Å². The van der Waals surface area contributed by atoms with Crippen LogP contribution < -0.4 is 0 Å². The van der Waals surface area contributed by atoms with E-state index < -0.39 is 13.4 Å². The zero-order chi connectivity index (χ0) is 12.9. The minimum Gasteiger partial charge on any atom is -0.376 e. The Kier molecular flexibility index (Phi) is 5.63. The van der Waals surface area contributed by atoms with Gasteiger partial charge in [0, 0.05) is 5.02 Å². The van der Waals surface area contributed by atoms with Crippen molar-refractivity contribution in [2.75, 3.05) is 13.2 Å². The predicted octanol–water partition coefficient (Wildman–Crippen LogP) is 3.60. The number of halogens is 1. The Labute approximate surface area is 106 Å². The molecule has 0 aromatic heterocycles. The largest absolute Gasteiger partial charge is 0.376 e. The van der Waals surface area contributed by atoms with Crippen LogP contribution in [-0.2, 0) is 13.6 Å². The fourth-order valence-electron chi connectivity index (χ4n) is 1.36. The van der Waals surface area contributed by atoms with E-state index >= 15 is 0 Å². The molecular formula is C11H16ClO4P. The SMILES string of the molecule is CCOP(=O)(OCC)[C@@H](O)c1ccc(Cl)cc1. The van der Waals surface area contributed by atoms with E-state index in [9.17, 15) is 9.67 Å². The normalized spacial score (nSPS) is 13.6. The van der Waals surface area contributed by atoms with Crippen LogP contribution in [0, 0.1) is 0 Å². The molecule has 17 heavy (non-hydrogen) atoms. The summed E-state index contributed by atoms with van der Waals surface area (Å²) in [5, 5.41) is 10.6. The molecule has 1 rings (SSSR count). The number of aliphatic hydroxyl groups excluding tert-OH is 1. The van der Waals surface area contributed by atoms with Gasteiger partial charge in [0.15, 0.2) is 5.85 Å². The number of hydrogen-bond donors (Lipinski definition) is 1. The first kappa shape index (κ1) is 14.7. The molecule has 0 saturated carbocycles. The predicted molar refractivity (Wildman–Crippen MR) is 67.3 cm³/mol. The van der Waals surface area contributed by atoms with Gasteiger partial charge in [0.1, 0.15) is 0 Å². The molecule has 0 spiro atoms. The van der Waals surface area contributed by atoms with Crippen LogP contribution in [0.4, 0.5) is 0 Å². The molecule has 0 heterocycles. The van der Waals surface area contributed by atoms with E-state index in [1.54, 1.807) is 38.1 Å². The van der Waals surface area contributed by atoms with E-state index in [0.717, 1.165) is 0 Å². The van der Waals surface area contributed by atoms with E-state index in [2.05, 4.69) is 0 Å². The van der Waals surface area contributed by atoms with Crippen LogP contribution in [0.25, 0.3) is 0 Å². The minimum absolute atomic E-state index is 0.210. The molecule has 0 unspecified atom stereocenters. The molecule has 0 amide bonds. The van der Waals surface area contributed by atoms with Crippen molar-refractivity contribution in [3.63, 3.8) is 0 Å². The van der Waals surface area contributed by atoms with Crippen LogP contribution in [0.1, 0.15) is 25.3 Å². The van der Waals surface area contributed by atoms with E-state index in [1.165, 1.54) is 0 Å². The molecule has 1 atom stereocenters. The van der Waals surface area contributed by atoms with Crippen LogP contribution in [-0.4, -0.2) is 18.3 Å². The maximum absolute atomic E-state index is 12.3. The smallest absolute Gasteiger partial charge is 0.363 e. The van der Waals surface area contributed by atoms with Crippen molar-refractivity contribution in [3.8, 4) is 0 Å². The molecule has 0 bridgehead atoms. The summed E-state index contributed by atoms with van der Waals surface area (Å²) in [5.41, 5.74) is 0.458. The average Bonchev–Trinajstić information content (AvgIpc) is 2.30. The fraction of sp³-hybridized carbons (Fsp3) is 0.455. The summed E-state index contributed by atoms with van der Waals surface area (Å²) in [6, 6.07) is 6.42. The first-order valence-electron chi connectivity index (χ1n) is 5.35. The Morgan fingerprint density at radius 2 is 1.71 bits per heavy atom. The number of hydrogen-bond acceptors (Lipinski definition) is 4. The lowest BCUT2D eigenvalue weighted by Gasteiger charge is -2.22. The van der Waals surface area contributed by atoms with Crippen LogP contribution >= 0.6 is 19.2 Å². The summed E-state index contributed by atoms with van der Waals surface area (Å²) >= 11 is 5.74. The lowest BCUT2D eigenvalue weighted by atomic mass is 10.2. The maximum Gasteiger partial charge on any atom is 0.363 e. The fourth-order valence-corrected chi connectivity index (χ4v) is 3.10. The summed E-state index contributed by atoms with van der Waals surface area (Å²) in [6.45, 7) is 3.81. The second-order valence-electron chi connectivity index (χ2n) is 3.30. The van der Waals surface area contributed by atoms with Gasteiger partial charge in [-0.1, -0.05) is 23.7 Å². The summed E-state index contributed by atoms with van der Waals surface area (Å²) < 4.78 is 22.4. The molecule has 6 heteroatoms. The number of rotatable bonds is 6. The quantitative estimate of drug-likeness (QED) is 0.808. The van der Waals surface area contributed by atoms with Crippen molar-refractivity contribution >= 4 is 19.2 Å². The Morgan fingerprint density at radius 1 is 1.24 bits per heavy atom. The third kappa shape index (κ3) is 3.80. The number of benzene rings is 1. The molecule has 96 valence electrons. The van der Waals surface area contributed by atoms with Crippen LogP contribution in [0.15, 0.2) is 24.3 Å². The molecule has 1 aromatic carbocycles.